The van der Waals surface area contributed by atoms with Gasteiger partial charge in [-0.3, -0.25) is 9.69 Å². The van der Waals surface area contributed by atoms with E-state index in [2.05, 4.69) is 24.1 Å². The van der Waals surface area contributed by atoms with E-state index in [-0.39, 0.29) is 23.6 Å². The number of nitrogens with one attached hydrogen (secondary N) is 1. The Bertz CT molecular complexity index is 481. The molecule has 2 rings (SSSR count). The lowest BCUT2D eigenvalue weighted by molar-refractivity contribution is 0.0719. The van der Waals surface area contributed by atoms with Crippen LogP contribution in [0.4, 0.5) is 4.39 Å². The molecule has 3 nitrogen and oxygen atoms in total. The summed E-state index contributed by atoms with van der Waals surface area (Å²) >= 11 is 0. The third kappa shape index (κ3) is 3.25. The lowest BCUT2D eigenvalue weighted by Crippen LogP contribution is -2.53. The molecule has 1 N–H and O–H groups in total. The van der Waals surface area contributed by atoms with Crippen molar-refractivity contribution in [3.8, 4) is 0 Å². The topological polar surface area (TPSA) is 32.3 Å². The van der Waals surface area contributed by atoms with Gasteiger partial charge in [-0.15, -0.1) is 0 Å². The quantitative estimate of drug-likeness (QED) is 0.857. The Labute approximate surface area is 120 Å². The van der Waals surface area contributed by atoms with Gasteiger partial charge in [-0.05, 0) is 36.6 Å². The molecule has 1 aromatic carbocycles. The minimum Gasteiger partial charge on any atom is -0.314 e. The van der Waals surface area contributed by atoms with Crippen LogP contribution >= 0.6 is 0 Å². The Hall–Kier alpha value is -1.26. The first-order chi connectivity index (χ1) is 9.50. The Balaban J connectivity index is 2.23. The first-order valence-electron chi connectivity index (χ1n) is 7.26. The maximum absolute atomic E-state index is 13.3. The molecule has 0 aromatic heterocycles. The Kier molecular flexibility index (Phi) is 4.89. The molecule has 0 radical (unpaired) electrons. The van der Waals surface area contributed by atoms with Gasteiger partial charge in [-0.2, -0.15) is 0 Å². The molecule has 1 aliphatic heterocycles. The summed E-state index contributed by atoms with van der Waals surface area (Å²) in [6.07, 6.45) is 0. The number of Topliss-reactive ketones (excluding diaryl/α,β-unsaturated/α-hetero) is 1. The first-order valence-corrected chi connectivity index (χ1v) is 7.26. The Morgan fingerprint density at radius 1 is 1.30 bits per heavy atom. The summed E-state index contributed by atoms with van der Waals surface area (Å²) in [6.45, 7) is 9.44. The highest BCUT2D eigenvalue weighted by molar-refractivity contribution is 6.00. The summed E-state index contributed by atoms with van der Waals surface area (Å²) in [6, 6.07) is 4.52. The third-order valence-corrected chi connectivity index (χ3v) is 3.89. The van der Waals surface area contributed by atoms with Gasteiger partial charge in [-0.1, -0.05) is 13.8 Å². The number of nitrogens with zero attached hydrogens (tertiary/aromatic N) is 1. The number of aryl methyl sites for hydroxylation is 1. The molecule has 1 aromatic rings. The highest BCUT2D eigenvalue weighted by Crippen LogP contribution is 2.19. The molecular formula is C16H23FN2O. The van der Waals surface area contributed by atoms with Crippen molar-refractivity contribution in [1.29, 1.82) is 0 Å². The van der Waals surface area contributed by atoms with E-state index in [0.717, 1.165) is 26.2 Å². The van der Waals surface area contributed by atoms with Gasteiger partial charge in [0.2, 0.25) is 0 Å². The maximum atomic E-state index is 13.3. The predicted molar refractivity (Wildman–Crippen MR) is 78.5 cm³/mol. The minimum absolute atomic E-state index is 0.102. The van der Waals surface area contributed by atoms with E-state index in [1.54, 1.807) is 19.1 Å². The van der Waals surface area contributed by atoms with Gasteiger partial charge < -0.3 is 5.32 Å². The molecule has 4 heteroatoms. The van der Waals surface area contributed by atoms with E-state index in [0.29, 0.717) is 11.1 Å². The van der Waals surface area contributed by atoms with Gasteiger partial charge in [0.05, 0.1) is 6.04 Å². The zero-order valence-electron chi connectivity index (χ0n) is 12.4. The summed E-state index contributed by atoms with van der Waals surface area (Å²) in [4.78, 5) is 15.0. The summed E-state index contributed by atoms with van der Waals surface area (Å²) in [5.74, 6) is 0.0841. The second kappa shape index (κ2) is 6.46. The molecule has 1 fully saturated rings. The zero-order chi connectivity index (χ0) is 14.7. The van der Waals surface area contributed by atoms with Crippen LogP contribution in [0.1, 0.15) is 29.8 Å². The van der Waals surface area contributed by atoms with Crippen LogP contribution < -0.4 is 5.32 Å². The summed E-state index contributed by atoms with van der Waals surface area (Å²) in [5.41, 5.74) is 1.14. The van der Waals surface area contributed by atoms with E-state index in [1.165, 1.54) is 6.07 Å². The van der Waals surface area contributed by atoms with E-state index in [4.69, 9.17) is 0 Å². The predicted octanol–water partition coefficient (Wildman–Crippen LogP) is 2.25. The third-order valence-electron chi connectivity index (χ3n) is 3.89. The second-order valence-electron chi connectivity index (χ2n) is 5.80. The van der Waals surface area contributed by atoms with E-state index < -0.39 is 0 Å². The first kappa shape index (κ1) is 15.1. The number of carbonyl (C=O) groups is 1. The number of rotatable bonds is 4. The van der Waals surface area contributed by atoms with Crippen LogP contribution in [0.15, 0.2) is 18.2 Å². The molecule has 110 valence electrons. The molecule has 0 aliphatic carbocycles. The highest BCUT2D eigenvalue weighted by Gasteiger charge is 2.30. The van der Waals surface area contributed by atoms with Crippen molar-refractivity contribution in [2.45, 2.75) is 26.8 Å². The summed E-state index contributed by atoms with van der Waals surface area (Å²) in [7, 11) is 0. The van der Waals surface area contributed by atoms with Crippen LogP contribution in [0.2, 0.25) is 0 Å². The molecule has 0 spiro atoms. The van der Waals surface area contributed by atoms with Gasteiger partial charge in [0.25, 0.3) is 0 Å². The zero-order valence-corrected chi connectivity index (χ0v) is 12.4. The lowest BCUT2D eigenvalue weighted by Gasteiger charge is -2.36. The van der Waals surface area contributed by atoms with Crippen LogP contribution in [0, 0.1) is 18.7 Å². The molecule has 0 saturated carbocycles. The lowest BCUT2D eigenvalue weighted by atomic mass is 9.92. The van der Waals surface area contributed by atoms with Crippen molar-refractivity contribution >= 4 is 5.78 Å². The molecule has 1 atom stereocenters. The summed E-state index contributed by atoms with van der Waals surface area (Å²) < 4.78 is 13.3. The van der Waals surface area contributed by atoms with Crippen molar-refractivity contribution in [1.82, 2.24) is 10.2 Å². The van der Waals surface area contributed by atoms with E-state index in [9.17, 15) is 9.18 Å². The Morgan fingerprint density at radius 2 is 1.95 bits per heavy atom. The average molecular weight is 278 g/mol. The SMILES string of the molecule is Cc1cc(C(=O)C(C(C)C)N2CCNCC2)ccc1F. The number of ketones is 1. The van der Waals surface area contributed by atoms with E-state index in [1.807, 2.05) is 0 Å². The smallest absolute Gasteiger partial charge is 0.180 e. The van der Waals surface area contributed by atoms with Gasteiger partial charge in [-0.25, -0.2) is 4.39 Å². The maximum Gasteiger partial charge on any atom is 0.180 e. The fourth-order valence-electron chi connectivity index (χ4n) is 2.82. The fourth-order valence-corrected chi connectivity index (χ4v) is 2.82. The Morgan fingerprint density at radius 3 is 2.50 bits per heavy atom. The standard InChI is InChI=1S/C16H23FN2O/c1-11(2)15(19-8-6-18-7-9-19)16(20)13-4-5-14(17)12(3)10-13/h4-5,10-11,15,18H,6-9H2,1-3H3. The molecule has 20 heavy (non-hydrogen) atoms. The minimum atomic E-state index is -0.259. The van der Waals surface area contributed by atoms with Crippen molar-refractivity contribution in [3.63, 3.8) is 0 Å². The average Bonchev–Trinajstić information content (AvgIpc) is 2.42. The van der Waals surface area contributed by atoms with Gasteiger partial charge in [0.1, 0.15) is 5.82 Å². The fraction of sp³-hybridized carbons (Fsp3) is 0.562. The number of benzene rings is 1. The van der Waals surface area contributed by atoms with Crippen LogP contribution in [-0.4, -0.2) is 42.9 Å². The van der Waals surface area contributed by atoms with Crippen LogP contribution in [0.25, 0.3) is 0 Å². The molecule has 1 aliphatic rings. The van der Waals surface area contributed by atoms with Crippen molar-refractivity contribution in [2.75, 3.05) is 26.2 Å². The molecular weight excluding hydrogens is 255 g/mol. The molecule has 0 amide bonds. The van der Waals surface area contributed by atoms with Crippen molar-refractivity contribution < 1.29 is 9.18 Å². The van der Waals surface area contributed by atoms with Gasteiger partial charge in [0.15, 0.2) is 5.78 Å². The molecule has 1 heterocycles. The number of piperazine rings is 1. The number of hydrogen-bond donors (Lipinski definition) is 1. The molecule has 1 saturated heterocycles. The second-order valence-corrected chi connectivity index (χ2v) is 5.80. The van der Waals surface area contributed by atoms with Gasteiger partial charge >= 0.3 is 0 Å². The van der Waals surface area contributed by atoms with Crippen LogP contribution in [-0.2, 0) is 0 Å². The monoisotopic (exact) mass is 278 g/mol. The molecule has 1 unspecified atom stereocenters. The van der Waals surface area contributed by atoms with Crippen LogP contribution in [0.3, 0.4) is 0 Å². The van der Waals surface area contributed by atoms with Crippen molar-refractivity contribution in [2.24, 2.45) is 5.92 Å². The van der Waals surface area contributed by atoms with Crippen LogP contribution in [0.5, 0.6) is 0 Å². The normalized spacial score (nSPS) is 18.2. The van der Waals surface area contributed by atoms with E-state index >= 15 is 0 Å². The highest BCUT2D eigenvalue weighted by atomic mass is 19.1. The number of carbonyl (C=O) groups excluding carboxylic acids is 1. The van der Waals surface area contributed by atoms with Gasteiger partial charge in [0, 0.05) is 31.7 Å². The summed E-state index contributed by atoms with van der Waals surface area (Å²) in [5, 5.41) is 3.30. The number of hydrogen-bond acceptors (Lipinski definition) is 3. The largest absolute Gasteiger partial charge is 0.314 e. The molecule has 0 bridgehead atoms. The van der Waals surface area contributed by atoms with Crippen molar-refractivity contribution in [3.05, 3.63) is 35.1 Å². The number of halogens is 1.